The third-order valence-electron chi connectivity index (χ3n) is 6.94. The number of benzene rings is 1. The molecule has 1 unspecified atom stereocenters. The normalized spacial score (nSPS) is 17.9. The molecule has 36 heavy (non-hydrogen) atoms. The van der Waals surface area contributed by atoms with Crippen LogP contribution in [-0.4, -0.2) is 63.9 Å². The number of nitrogens with zero attached hydrogens (tertiary/aromatic N) is 4. The number of halogens is 3. The Morgan fingerprint density at radius 3 is 2.28 bits per heavy atom. The Kier molecular flexibility index (Phi) is 7.45. The predicted molar refractivity (Wildman–Crippen MR) is 130 cm³/mol. The minimum Gasteiger partial charge on any atom is -0.341 e. The lowest BCUT2D eigenvalue weighted by Crippen LogP contribution is -2.55. The molecular formula is C26H34F3N5O2. The highest BCUT2D eigenvalue weighted by atomic mass is 19.2. The van der Waals surface area contributed by atoms with Gasteiger partial charge >= 0.3 is 0 Å². The van der Waals surface area contributed by atoms with Gasteiger partial charge in [0.2, 0.25) is 5.91 Å². The van der Waals surface area contributed by atoms with E-state index in [0.717, 1.165) is 31.9 Å². The van der Waals surface area contributed by atoms with Gasteiger partial charge in [-0.2, -0.15) is 0 Å². The van der Waals surface area contributed by atoms with Crippen LogP contribution in [0.4, 0.5) is 13.2 Å². The molecule has 1 fully saturated rings. The first-order valence-electron chi connectivity index (χ1n) is 12.5. The molecule has 2 aliphatic heterocycles. The van der Waals surface area contributed by atoms with Crippen LogP contribution in [0.25, 0.3) is 11.4 Å². The maximum absolute atomic E-state index is 14.7. The van der Waals surface area contributed by atoms with Crippen LogP contribution in [0.1, 0.15) is 62.6 Å². The summed E-state index contributed by atoms with van der Waals surface area (Å²) < 4.78 is 44.1. The molecule has 0 radical (unpaired) electrons. The van der Waals surface area contributed by atoms with E-state index in [1.54, 1.807) is 9.47 Å². The Balaban J connectivity index is 1.74. The SMILES string of the molecule is CN1CCCn2c(-c3cc(F)c(F)cc3F)nc(C(=O)NC(C(=O)N3CCCCC3)C(C)(C)C)c2C1. The Morgan fingerprint density at radius 2 is 1.61 bits per heavy atom. The number of rotatable bonds is 4. The Morgan fingerprint density at radius 1 is 0.944 bits per heavy atom. The van der Waals surface area contributed by atoms with Crippen LogP contribution in [0.15, 0.2) is 12.1 Å². The van der Waals surface area contributed by atoms with E-state index in [2.05, 4.69) is 10.3 Å². The number of imidazole rings is 1. The summed E-state index contributed by atoms with van der Waals surface area (Å²) >= 11 is 0. The summed E-state index contributed by atoms with van der Waals surface area (Å²) in [4.78, 5) is 35.3. The standard InChI is InChI=1S/C26H34F3N5O2/c1-26(2,3)22(25(36)33-10-6-5-7-11-33)31-24(35)21-20-15-32(4)9-8-12-34(20)23(30-21)16-13-18(28)19(29)14-17(16)27/h13-14,22H,5-12,15H2,1-4H3,(H,31,35). The van der Waals surface area contributed by atoms with Gasteiger partial charge in [0.1, 0.15) is 17.7 Å². The number of amides is 2. The second-order valence-corrected chi connectivity index (χ2v) is 10.9. The number of likely N-dealkylation sites (tertiary alicyclic amines) is 1. The molecule has 0 saturated carbocycles. The average molecular weight is 506 g/mol. The number of fused-ring (bicyclic) bond motifs is 1. The molecule has 1 N–H and O–H groups in total. The first-order chi connectivity index (χ1) is 17.0. The van der Waals surface area contributed by atoms with Gasteiger partial charge in [-0.25, -0.2) is 18.2 Å². The van der Waals surface area contributed by atoms with Crippen LogP contribution in [0.3, 0.4) is 0 Å². The van der Waals surface area contributed by atoms with Crippen molar-refractivity contribution in [1.29, 1.82) is 0 Å². The van der Waals surface area contributed by atoms with Crippen molar-refractivity contribution in [3.63, 3.8) is 0 Å². The zero-order valence-corrected chi connectivity index (χ0v) is 21.3. The van der Waals surface area contributed by atoms with Crippen molar-refractivity contribution in [2.75, 3.05) is 26.7 Å². The smallest absolute Gasteiger partial charge is 0.272 e. The molecule has 7 nitrogen and oxygen atoms in total. The molecule has 1 atom stereocenters. The number of hydrogen-bond donors (Lipinski definition) is 1. The Labute approximate surface area is 209 Å². The van der Waals surface area contributed by atoms with E-state index in [4.69, 9.17) is 0 Å². The Bertz CT molecular complexity index is 1150. The lowest BCUT2D eigenvalue weighted by Gasteiger charge is -2.36. The van der Waals surface area contributed by atoms with Crippen LogP contribution in [0.5, 0.6) is 0 Å². The van der Waals surface area contributed by atoms with Crippen LogP contribution < -0.4 is 5.32 Å². The van der Waals surface area contributed by atoms with Crippen LogP contribution in [-0.2, 0) is 17.9 Å². The summed E-state index contributed by atoms with van der Waals surface area (Å²) in [6.45, 7) is 8.53. The van der Waals surface area contributed by atoms with Gasteiger partial charge in [0, 0.05) is 32.2 Å². The molecule has 0 bridgehead atoms. The third-order valence-corrected chi connectivity index (χ3v) is 6.94. The number of hydrogen-bond acceptors (Lipinski definition) is 4. The van der Waals surface area contributed by atoms with Gasteiger partial charge in [0.25, 0.3) is 5.91 Å². The molecule has 2 amide bonds. The third kappa shape index (κ3) is 5.28. The van der Waals surface area contributed by atoms with Gasteiger partial charge in [-0.3, -0.25) is 9.59 Å². The monoisotopic (exact) mass is 505 g/mol. The van der Waals surface area contributed by atoms with Gasteiger partial charge in [0.15, 0.2) is 17.3 Å². The maximum Gasteiger partial charge on any atom is 0.272 e. The van der Waals surface area contributed by atoms with E-state index in [1.807, 2.05) is 32.7 Å². The summed E-state index contributed by atoms with van der Waals surface area (Å²) in [5, 5.41) is 2.90. The van der Waals surface area contributed by atoms with Crippen LogP contribution in [0.2, 0.25) is 0 Å². The molecule has 4 rings (SSSR count). The largest absolute Gasteiger partial charge is 0.341 e. The summed E-state index contributed by atoms with van der Waals surface area (Å²) in [5.74, 6) is -4.06. The van der Waals surface area contributed by atoms with E-state index in [9.17, 15) is 22.8 Å². The van der Waals surface area contributed by atoms with Crippen molar-refractivity contribution < 1.29 is 22.8 Å². The predicted octanol–water partition coefficient (Wildman–Crippen LogP) is 3.96. The van der Waals surface area contributed by atoms with E-state index in [1.165, 1.54) is 0 Å². The van der Waals surface area contributed by atoms with Gasteiger partial charge in [0.05, 0.1) is 11.3 Å². The number of carbonyl (C=O) groups is 2. The molecule has 3 heterocycles. The van der Waals surface area contributed by atoms with Crippen LogP contribution in [0, 0.1) is 22.9 Å². The highest BCUT2D eigenvalue weighted by Crippen LogP contribution is 2.30. The zero-order chi connectivity index (χ0) is 26.2. The number of carbonyl (C=O) groups excluding carboxylic acids is 2. The molecule has 2 aliphatic rings. The number of nitrogens with one attached hydrogen (secondary N) is 1. The fourth-order valence-corrected chi connectivity index (χ4v) is 4.95. The Hall–Kier alpha value is -2.88. The summed E-state index contributed by atoms with van der Waals surface area (Å²) in [6.07, 6.45) is 3.65. The molecule has 0 spiro atoms. The second kappa shape index (κ2) is 10.2. The molecular weight excluding hydrogens is 471 g/mol. The summed E-state index contributed by atoms with van der Waals surface area (Å²) in [7, 11) is 1.90. The molecule has 1 saturated heterocycles. The van der Waals surface area contributed by atoms with E-state index >= 15 is 0 Å². The first kappa shape index (κ1) is 26.2. The van der Waals surface area contributed by atoms with E-state index in [0.29, 0.717) is 44.4 Å². The minimum absolute atomic E-state index is 0.0589. The molecule has 196 valence electrons. The quantitative estimate of drug-likeness (QED) is 0.639. The maximum atomic E-state index is 14.7. The van der Waals surface area contributed by atoms with E-state index in [-0.39, 0.29) is 23.0 Å². The number of aromatic nitrogens is 2. The fourth-order valence-electron chi connectivity index (χ4n) is 4.95. The molecule has 0 aliphatic carbocycles. The highest BCUT2D eigenvalue weighted by molar-refractivity contribution is 5.98. The fraction of sp³-hybridized carbons (Fsp3) is 0.577. The van der Waals surface area contributed by atoms with Gasteiger partial charge < -0.3 is 19.7 Å². The van der Waals surface area contributed by atoms with Crippen LogP contribution >= 0.6 is 0 Å². The van der Waals surface area contributed by atoms with Crippen molar-refractivity contribution in [3.05, 3.63) is 41.0 Å². The van der Waals surface area contributed by atoms with Crippen molar-refractivity contribution in [1.82, 2.24) is 24.7 Å². The minimum atomic E-state index is -1.29. The first-order valence-corrected chi connectivity index (χ1v) is 12.5. The topological polar surface area (TPSA) is 70.5 Å². The second-order valence-electron chi connectivity index (χ2n) is 10.9. The van der Waals surface area contributed by atoms with Gasteiger partial charge in [-0.05, 0) is 50.8 Å². The van der Waals surface area contributed by atoms with Gasteiger partial charge in [-0.15, -0.1) is 0 Å². The summed E-state index contributed by atoms with van der Waals surface area (Å²) in [5.41, 5.74) is -0.170. The average Bonchev–Trinajstić information content (AvgIpc) is 3.05. The number of piperidine rings is 1. The summed E-state index contributed by atoms with van der Waals surface area (Å²) in [6, 6.07) is 0.475. The van der Waals surface area contributed by atoms with Crippen molar-refractivity contribution >= 4 is 11.8 Å². The zero-order valence-electron chi connectivity index (χ0n) is 21.3. The van der Waals surface area contributed by atoms with E-state index < -0.39 is 34.8 Å². The van der Waals surface area contributed by atoms with Crippen molar-refractivity contribution in [3.8, 4) is 11.4 Å². The highest BCUT2D eigenvalue weighted by Gasteiger charge is 2.38. The molecule has 1 aromatic carbocycles. The van der Waals surface area contributed by atoms with Crippen molar-refractivity contribution in [2.24, 2.45) is 5.41 Å². The van der Waals surface area contributed by atoms with Gasteiger partial charge in [-0.1, -0.05) is 20.8 Å². The molecule has 10 heteroatoms. The lowest BCUT2D eigenvalue weighted by molar-refractivity contribution is -0.136. The molecule has 1 aromatic heterocycles. The van der Waals surface area contributed by atoms with Crippen molar-refractivity contribution in [2.45, 2.75) is 65.6 Å². The lowest BCUT2D eigenvalue weighted by atomic mass is 9.85. The molecule has 2 aromatic rings.